The summed E-state index contributed by atoms with van der Waals surface area (Å²) in [5.41, 5.74) is 0.970. The molecule has 0 spiro atoms. The molecule has 3 aromatic rings. The summed E-state index contributed by atoms with van der Waals surface area (Å²) >= 11 is 0. The summed E-state index contributed by atoms with van der Waals surface area (Å²) in [6.45, 7) is 1.77. The van der Waals surface area contributed by atoms with E-state index in [0.29, 0.717) is 11.3 Å². The molecule has 0 bridgehead atoms. The van der Waals surface area contributed by atoms with Gasteiger partial charge in [0, 0.05) is 17.7 Å². The number of nitriles is 1. The van der Waals surface area contributed by atoms with Crippen LogP contribution in [0.5, 0.6) is 11.5 Å². The van der Waals surface area contributed by atoms with Crippen LogP contribution in [-0.2, 0) is 6.54 Å². The molecule has 0 saturated carbocycles. The number of hydrogen-bond donors (Lipinski definition) is 0. The number of imidazole rings is 1. The molecule has 0 atom stereocenters. The fraction of sp³-hybridized carbons (Fsp3) is 0.267. The van der Waals surface area contributed by atoms with Gasteiger partial charge in [-0.05, 0) is 6.92 Å². The van der Waals surface area contributed by atoms with E-state index in [-0.39, 0.29) is 23.4 Å². The van der Waals surface area contributed by atoms with Crippen molar-refractivity contribution in [2.75, 3.05) is 0 Å². The highest BCUT2D eigenvalue weighted by molar-refractivity contribution is 5.81. The first-order valence-electron chi connectivity index (χ1n) is 7.20. The van der Waals surface area contributed by atoms with E-state index in [2.05, 4.69) is 19.6 Å². The Morgan fingerprint density at radius 3 is 2.38 bits per heavy atom. The highest BCUT2D eigenvalue weighted by atomic mass is 19.3. The maximum atomic E-state index is 13.4. The van der Waals surface area contributed by atoms with E-state index < -0.39 is 23.7 Å². The molecule has 1 aromatic carbocycles. The first-order chi connectivity index (χ1) is 12.2. The molecule has 1 aliphatic heterocycles. The standard InChI is InChI=1S/C15H8F4N4O3/c1-7-8(5-21-26-7)6-23-10-3-12-11(2-9(10)22-13(23)4-20)24-14(16,17)15(18,19)25-12/h2-3,5H,6H2,1H3. The molecule has 0 amide bonds. The molecule has 4 rings (SSSR count). The fourth-order valence-electron chi connectivity index (χ4n) is 2.57. The zero-order chi connectivity index (χ0) is 18.7. The number of aryl methyl sites for hydroxylation is 1. The molecular weight excluding hydrogens is 360 g/mol. The monoisotopic (exact) mass is 368 g/mol. The van der Waals surface area contributed by atoms with Gasteiger partial charge in [0.2, 0.25) is 5.82 Å². The predicted octanol–water partition coefficient (Wildman–Crippen LogP) is 3.21. The van der Waals surface area contributed by atoms with Crippen LogP contribution in [0.1, 0.15) is 17.1 Å². The van der Waals surface area contributed by atoms with Gasteiger partial charge in [-0.1, -0.05) is 5.16 Å². The Labute approximate surface area is 142 Å². The van der Waals surface area contributed by atoms with Crippen LogP contribution in [0.4, 0.5) is 17.6 Å². The number of hydrogen-bond acceptors (Lipinski definition) is 6. The van der Waals surface area contributed by atoms with Crippen molar-refractivity contribution in [1.29, 1.82) is 5.26 Å². The zero-order valence-corrected chi connectivity index (χ0v) is 13.0. The van der Waals surface area contributed by atoms with Crippen LogP contribution in [0.2, 0.25) is 0 Å². The van der Waals surface area contributed by atoms with Crippen molar-refractivity contribution < 1.29 is 31.6 Å². The van der Waals surface area contributed by atoms with E-state index in [9.17, 15) is 22.8 Å². The van der Waals surface area contributed by atoms with E-state index in [4.69, 9.17) is 4.52 Å². The maximum Gasteiger partial charge on any atom is 0.507 e. The average Bonchev–Trinajstić information content (AvgIpc) is 3.10. The first kappa shape index (κ1) is 16.2. The predicted molar refractivity (Wildman–Crippen MR) is 75.9 cm³/mol. The molecule has 2 aromatic heterocycles. The van der Waals surface area contributed by atoms with Gasteiger partial charge < -0.3 is 18.6 Å². The minimum atomic E-state index is -4.83. The highest BCUT2D eigenvalue weighted by Crippen LogP contribution is 2.48. The number of ether oxygens (including phenoxy) is 2. The van der Waals surface area contributed by atoms with E-state index in [1.165, 1.54) is 10.8 Å². The second-order valence-electron chi connectivity index (χ2n) is 5.57. The second kappa shape index (κ2) is 5.10. The van der Waals surface area contributed by atoms with Crippen molar-refractivity contribution in [2.24, 2.45) is 0 Å². The van der Waals surface area contributed by atoms with E-state index in [1.54, 1.807) is 6.92 Å². The van der Waals surface area contributed by atoms with Gasteiger partial charge in [-0.15, -0.1) is 0 Å². The van der Waals surface area contributed by atoms with Crippen LogP contribution >= 0.6 is 0 Å². The second-order valence-corrected chi connectivity index (χ2v) is 5.57. The Balaban J connectivity index is 1.87. The Hall–Kier alpha value is -3.29. The third kappa shape index (κ3) is 2.26. The molecule has 7 nitrogen and oxygen atoms in total. The van der Waals surface area contributed by atoms with Gasteiger partial charge in [-0.3, -0.25) is 0 Å². The fourth-order valence-corrected chi connectivity index (χ4v) is 2.57. The van der Waals surface area contributed by atoms with Gasteiger partial charge in [-0.25, -0.2) is 4.98 Å². The van der Waals surface area contributed by atoms with Crippen LogP contribution in [0.15, 0.2) is 22.9 Å². The minimum absolute atomic E-state index is 0.0542. The number of halogens is 4. The Kier molecular flexibility index (Phi) is 3.18. The summed E-state index contributed by atoms with van der Waals surface area (Å²) in [7, 11) is 0. The smallest absolute Gasteiger partial charge is 0.421 e. The summed E-state index contributed by atoms with van der Waals surface area (Å²) in [6, 6.07) is 3.96. The summed E-state index contributed by atoms with van der Waals surface area (Å²) < 4.78 is 68.0. The minimum Gasteiger partial charge on any atom is -0.421 e. The molecule has 0 aliphatic carbocycles. The van der Waals surface area contributed by atoms with Gasteiger partial charge in [0.05, 0.1) is 23.8 Å². The Bertz CT molecular complexity index is 1070. The summed E-state index contributed by atoms with van der Waals surface area (Å²) in [6.07, 6.45) is -8.22. The number of fused-ring (bicyclic) bond motifs is 2. The van der Waals surface area contributed by atoms with Gasteiger partial charge in [-0.2, -0.15) is 22.8 Å². The van der Waals surface area contributed by atoms with Gasteiger partial charge >= 0.3 is 12.2 Å². The summed E-state index contributed by atoms with van der Waals surface area (Å²) in [5.74, 6) is -0.731. The van der Waals surface area contributed by atoms with Crippen LogP contribution < -0.4 is 9.47 Å². The molecule has 26 heavy (non-hydrogen) atoms. The molecule has 3 heterocycles. The third-order valence-electron chi connectivity index (χ3n) is 3.91. The van der Waals surface area contributed by atoms with Crippen molar-refractivity contribution in [3.05, 3.63) is 35.5 Å². The topological polar surface area (TPSA) is 86.1 Å². The van der Waals surface area contributed by atoms with Crippen LogP contribution in [0.25, 0.3) is 11.0 Å². The largest absolute Gasteiger partial charge is 0.507 e. The van der Waals surface area contributed by atoms with Gasteiger partial charge in [0.25, 0.3) is 0 Å². The molecule has 0 unspecified atom stereocenters. The van der Waals surface area contributed by atoms with Crippen LogP contribution in [-0.4, -0.2) is 26.9 Å². The molecule has 0 saturated heterocycles. The Morgan fingerprint density at radius 1 is 1.15 bits per heavy atom. The SMILES string of the molecule is Cc1oncc1Cn1c(C#N)nc2cc3c(cc21)OC(F)(F)C(F)(F)O3. The number of alkyl halides is 4. The van der Waals surface area contributed by atoms with Crippen LogP contribution in [0, 0.1) is 18.3 Å². The van der Waals surface area contributed by atoms with Gasteiger partial charge in [0.1, 0.15) is 11.8 Å². The maximum absolute atomic E-state index is 13.4. The lowest BCUT2D eigenvalue weighted by Gasteiger charge is -2.31. The summed E-state index contributed by atoms with van der Waals surface area (Å²) in [4.78, 5) is 4.02. The quantitative estimate of drug-likeness (QED) is 0.646. The lowest BCUT2D eigenvalue weighted by atomic mass is 10.2. The zero-order valence-electron chi connectivity index (χ0n) is 13.0. The number of nitrogens with zero attached hydrogens (tertiary/aromatic N) is 4. The van der Waals surface area contributed by atoms with Crippen molar-refractivity contribution in [3.63, 3.8) is 0 Å². The number of aromatic nitrogens is 3. The van der Waals surface area contributed by atoms with Crippen molar-refractivity contribution in [1.82, 2.24) is 14.7 Å². The highest BCUT2D eigenvalue weighted by Gasteiger charge is 2.66. The Morgan fingerprint density at radius 2 is 1.81 bits per heavy atom. The van der Waals surface area contributed by atoms with Crippen molar-refractivity contribution >= 4 is 11.0 Å². The summed E-state index contributed by atoms with van der Waals surface area (Å²) in [5, 5.41) is 12.9. The molecule has 0 N–H and O–H groups in total. The average molecular weight is 368 g/mol. The number of benzene rings is 1. The van der Waals surface area contributed by atoms with Crippen molar-refractivity contribution in [3.8, 4) is 17.6 Å². The molecule has 11 heteroatoms. The number of rotatable bonds is 2. The normalized spacial score (nSPS) is 17.2. The lowest BCUT2D eigenvalue weighted by Crippen LogP contribution is -2.52. The molecule has 1 aliphatic rings. The molecule has 134 valence electrons. The van der Waals surface area contributed by atoms with E-state index in [1.807, 2.05) is 6.07 Å². The van der Waals surface area contributed by atoms with E-state index >= 15 is 0 Å². The van der Waals surface area contributed by atoms with Crippen LogP contribution in [0.3, 0.4) is 0 Å². The van der Waals surface area contributed by atoms with Crippen molar-refractivity contribution in [2.45, 2.75) is 25.7 Å². The molecule has 0 fully saturated rings. The van der Waals surface area contributed by atoms with E-state index in [0.717, 1.165) is 12.1 Å². The first-order valence-corrected chi connectivity index (χ1v) is 7.20. The molecular formula is C15H8F4N4O3. The third-order valence-corrected chi connectivity index (χ3v) is 3.91. The molecule has 0 radical (unpaired) electrons. The van der Waals surface area contributed by atoms with Gasteiger partial charge in [0.15, 0.2) is 11.5 Å². The lowest BCUT2D eigenvalue weighted by molar-refractivity contribution is -0.391.